The van der Waals surface area contributed by atoms with Gasteiger partial charge in [-0.15, -0.1) is 0 Å². The van der Waals surface area contributed by atoms with Gasteiger partial charge in [0, 0.05) is 12.8 Å². The van der Waals surface area contributed by atoms with Crippen molar-refractivity contribution in [2.45, 2.75) is 206 Å². The molecular weight excluding hydrogens is 659 g/mol. The van der Waals surface area contributed by atoms with Gasteiger partial charge in [0.05, 0.1) is 25.2 Å². The molecule has 0 spiro atoms. The molecule has 3 unspecified atom stereocenters. The maximum absolute atomic E-state index is 13.1. The third-order valence-corrected chi connectivity index (χ3v) is 9.38. The molecule has 0 bridgehead atoms. The van der Waals surface area contributed by atoms with Crippen LogP contribution in [0.25, 0.3) is 0 Å². The van der Waals surface area contributed by atoms with Crippen molar-refractivity contribution in [1.29, 1.82) is 0 Å². The third kappa shape index (κ3) is 36.1. The average molecular weight is 740 g/mol. The van der Waals surface area contributed by atoms with E-state index in [2.05, 4.69) is 44.3 Å². The molecule has 0 aliphatic carbocycles. The molecule has 0 aromatic rings. The van der Waals surface area contributed by atoms with E-state index in [1.807, 2.05) is 54.7 Å². The molecule has 0 saturated carbocycles. The van der Waals surface area contributed by atoms with Crippen LogP contribution in [0.15, 0.2) is 72.9 Å². The van der Waals surface area contributed by atoms with Crippen molar-refractivity contribution in [2.24, 2.45) is 0 Å². The molecule has 0 aliphatic rings. The summed E-state index contributed by atoms with van der Waals surface area (Å²) in [4.78, 5) is 25.8. The van der Waals surface area contributed by atoms with E-state index in [-0.39, 0.29) is 24.9 Å². The van der Waals surface area contributed by atoms with E-state index >= 15 is 0 Å². The summed E-state index contributed by atoms with van der Waals surface area (Å²) in [5.41, 5.74) is 0. The van der Waals surface area contributed by atoms with Gasteiger partial charge in [0.25, 0.3) is 0 Å². The van der Waals surface area contributed by atoms with Crippen LogP contribution in [0, 0.1) is 0 Å². The highest BCUT2D eigenvalue weighted by Gasteiger charge is 2.23. The fraction of sp³-hybridized carbons (Fsp3) is 0.702. The summed E-state index contributed by atoms with van der Waals surface area (Å²) in [7, 11) is 0. The number of amides is 1. The molecule has 1 amide bonds. The summed E-state index contributed by atoms with van der Waals surface area (Å²) >= 11 is 0. The standard InChI is InChI=1S/C47H81NO5/c1-4-7-10-13-16-19-22-23-25-27-30-33-36-39-45(50)44(42-49)48-46(51)41-43(38-35-32-29-26-24-20-17-14-11-8-5-2)53-47(52)40-37-34-31-28-21-18-15-12-9-6-3/h8,11-12,14-15,17,20,24,26,29,32,35,43-45,49-50H,4-7,9-10,13,16,18-19,21-23,25,27-28,30-31,33-34,36-42H2,1-3H3,(H,48,51)/b11-8+,15-12-,17-14+,24-20-,29-26-,35-32+. The lowest BCUT2D eigenvalue weighted by Gasteiger charge is -2.24. The number of hydrogen-bond donors (Lipinski definition) is 3. The first-order valence-corrected chi connectivity index (χ1v) is 21.7. The molecule has 3 atom stereocenters. The zero-order valence-electron chi connectivity index (χ0n) is 34.4. The molecule has 0 heterocycles. The molecule has 3 N–H and O–H groups in total. The molecule has 6 heteroatoms. The first-order chi connectivity index (χ1) is 26.0. The number of hydrogen-bond acceptors (Lipinski definition) is 5. The maximum atomic E-state index is 13.1. The van der Waals surface area contributed by atoms with Gasteiger partial charge in [0.1, 0.15) is 6.10 Å². The van der Waals surface area contributed by atoms with Crippen LogP contribution in [0.5, 0.6) is 0 Å². The fourth-order valence-electron chi connectivity index (χ4n) is 6.10. The molecular formula is C47H81NO5. The molecule has 0 saturated heterocycles. The highest BCUT2D eigenvalue weighted by molar-refractivity contribution is 5.77. The second-order valence-electron chi connectivity index (χ2n) is 14.5. The van der Waals surface area contributed by atoms with E-state index in [4.69, 9.17) is 4.74 Å². The predicted octanol–water partition coefficient (Wildman–Crippen LogP) is 12.3. The minimum atomic E-state index is -0.819. The Morgan fingerprint density at radius 1 is 0.585 bits per heavy atom. The van der Waals surface area contributed by atoms with Gasteiger partial charge in [-0.25, -0.2) is 0 Å². The SMILES string of the molecule is CC/C=C/C=C/C=C\C=C/C=C/CC(CC(=O)NC(CO)C(O)CCCCCCCCCCCCCCC)OC(=O)CCCCCCC/C=C\CCC. The summed E-state index contributed by atoms with van der Waals surface area (Å²) in [5, 5.41) is 23.5. The van der Waals surface area contributed by atoms with Crippen molar-refractivity contribution in [3.05, 3.63) is 72.9 Å². The monoisotopic (exact) mass is 740 g/mol. The smallest absolute Gasteiger partial charge is 0.306 e. The molecule has 0 rings (SSSR count). The summed E-state index contributed by atoms with van der Waals surface area (Å²) < 4.78 is 5.79. The summed E-state index contributed by atoms with van der Waals surface area (Å²) in [6.07, 6.45) is 49.9. The largest absolute Gasteiger partial charge is 0.461 e. The Morgan fingerprint density at radius 2 is 1.09 bits per heavy atom. The van der Waals surface area contributed by atoms with Crippen molar-refractivity contribution in [1.82, 2.24) is 5.32 Å². The highest BCUT2D eigenvalue weighted by atomic mass is 16.5. The van der Waals surface area contributed by atoms with Crippen LogP contribution < -0.4 is 5.32 Å². The first kappa shape index (κ1) is 50.3. The Labute approximate surface area is 326 Å². The molecule has 0 aliphatic heterocycles. The number of aliphatic hydroxyl groups excluding tert-OH is 2. The van der Waals surface area contributed by atoms with Crippen LogP contribution in [-0.4, -0.2) is 46.9 Å². The molecule has 0 aromatic carbocycles. The third-order valence-electron chi connectivity index (χ3n) is 9.38. The predicted molar refractivity (Wildman–Crippen MR) is 227 cm³/mol. The van der Waals surface area contributed by atoms with E-state index in [1.54, 1.807) is 0 Å². The zero-order chi connectivity index (χ0) is 38.9. The average Bonchev–Trinajstić information content (AvgIpc) is 3.15. The van der Waals surface area contributed by atoms with E-state index in [9.17, 15) is 19.8 Å². The van der Waals surface area contributed by atoms with Gasteiger partial charge in [-0.1, -0.05) is 203 Å². The maximum Gasteiger partial charge on any atom is 0.306 e. The van der Waals surface area contributed by atoms with Crippen LogP contribution in [0.4, 0.5) is 0 Å². The van der Waals surface area contributed by atoms with Gasteiger partial charge in [0.2, 0.25) is 5.91 Å². The summed E-state index contributed by atoms with van der Waals surface area (Å²) in [6, 6.07) is -0.741. The summed E-state index contributed by atoms with van der Waals surface area (Å²) in [5.74, 6) is -0.628. The van der Waals surface area contributed by atoms with Crippen LogP contribution in [0.1, 0.15) is 188 Å². The topological polar surface area (TPSA) is 95.9 Å². The van der Waals surface area contributed by atoms with Crippen LogP contribution >= 0.6 is 0 Å². The molecule has 304 valence electrons. The van der Waals surface area contributed by atoms with Crippen molar-refractivity contribution in [3.8, 4) is 0 Å². The van der Waals surface area contributed by atoms with Crippen LogP contribution in [0.3, 0.4) is 0 Å². The normalized spacial score (nSPS) is 14.1. The van der Waals surface area contributed by atoms with Gasteiger partial charge in [0.15, 0.2) is 0 Å². The molecule has 0 aromatic heterocycles. The Hall–Kier alpha value is -2.70. The minimum Gasteiger partial charge on any atom is -0.461 e. The van der Waals surface area contributed by atoms with Gasteiger partial charge < -0.3 is 20.3 Å². The minimum absolute atomic E-state index is 0.0245. The van der Waals surface area contributed by atoms with Gasteiger partial charge in [-0.3, -0.25) is 9.59 Å². The quantitative estimate of drug-likeness (QED) is 0.0255. The second kappa shape index (κ2) is 40.5. The first-order valence-electron chi connectivity index (χ1n) is 21.7. The van der Waals surface area contributed by atoms with E-state index in [1.165, 1.54) is 77.0 Å². The van der Waals surface area contributed by atoms with Gasteiger partial charge in [-0.2, -0.15) is 0 Å². The Balaban J connectivity index is 4.73. The Kier molecular flexibility index (Phi) is 38.4. The zero-order valence-corrected chi connectivity index (χ0v) is 34.4. The number of rotatable bonds is 37. The van der Waals surface area contributed by atoms with Crippen LogP contribution in [-0.2, 0) is 14.3 Å². The van der Waals surface area contributed by atoms with Crippen molar-refractivity contribution >= 4 is 11.9 Å². The fourth-order valence-corrected chi connectivity index (χ4v) is 6.10. The number of esters is 1. The molecule has 0 radical (unpaired) electrons. The highest BCUT2D eigenvalue weighted by Crippen LogP contribution is 2.15. The van der Waals surface area contributed by atoms with Crippen LogP contribution in [0.2, 0.25) is 0 Å². The number of ether oxygens (including phenoxy) is 1. The number of allylic oxidation sites excluding steroid dienone is 11. The number of carbonyl (C=O) groups is 2. The summed E-state index contributed by atoms with van der Waals surface area (Å²) in [6.45, 7) is 6.21. The van der Waals surface area contributed by atoms with E-state index in [0.29, 0.717) is 19.3 Å². The Morgan fingerprint density at radius 3 is 1.66 bits per heavy atom. The molecule has 53 heavy (non-hydrogen) atoms. The molecule has 6 nitrogen and oxygen atoms in total. The van der Waals surface area contributed by atoms with E-state index < -0.39 is 18.2 Å². The van der Waals surface area contributed by atoms with Crippen molar-refractivity contribution < 1.29 is 24.5 Å². The number of unbranched alkanes of at least 4 members (excludes halogenated alkanes) is 18. The second-order valence-corrected chi connectivity index (χ2v) is 14.5. The molecule has 0 fully saturated rings. The lowest BCUT2D eigenvalue weighted by atomic mass is 10.0. The van der Waals surface area contributed by atoms with Crippen molar-refractivity contribution in [3.63, 3.8) is 0 Å². The number of nitrogens with one attached hydrogen (secondary N) is 1. The lowest BCUT2D eigenvalue weighted by molar-refractivity contribution is -0.150. The van der Waals surface area contributed by atoms with E-state index in [0.717, 1.165) is 64.2 Å². The lowest BCUT2D eigenvalue weighted by Crippen LogP contribution is -2.46. The van der Waals surface area contributed by atoms with Gasteiger partial charge >= 0.3 is 5.97 Å². The number of carbonyl (C=O) groups excluding carboxylic acids is 2. The number of aliphatic hydroxyl groups is 2. The van der Waals surface area contributed by atoms with Gasteiger partial charge in [-0.05, 0) is 38.5 Å². The van der Waals surface area contributed by atoms with Crippen molar-refractivity contribution in [2.75, 3.05) is 6.61 Å². The Bertz CT molecular complexity index is 1010.